The zero-order valence-corrected chi connectivity index (χ0v) is 17.8. The highest BCUT2D eigenvalue weighted by Gasteiger charge is 2.27. The van der Waals surface area contributed by atoms with E-state index in [0.29, 0.717) is 13.0 Å². The van der Waals surface area contributed by atoms with E-state index < -0.39 is 12.0 Å². The van der Waals surface area contributed by atoms with Crippen LogP contribution in [-0.4, -0.2) is 62.7 Å². The summed E-state index contributed by atoms with van der Waals surface area (Å²) in [6.07, 6.45) is 2.28. The highest BCUT2D eigenvalue weighted by atomic mass is 16.5. The Balaban J connectivity index is 1.33. The average Bonchev–Trinajstić information content (AvgIpc) is 3.22. The summed E-state index contributed by atoms with van der Waals surface area (Å²) in [6, 6.07) is 17.5. The topological polar surface area (TPSA) is 78.9 Å². The Morgan fingerprint density at radius 3 is 2.55 bits per heavy atom. The van der Waals surface area contributed by atoms with E-state index in [0.717, 1.165) is 42.6 Å². The second kappa shape index (κ2) is 9.66. The van der Waals surface area contributed by atoms with Crippen LogP contribution in [-0.2, 0) is 20.7 Å². The summed E-state index contributed by atoms with van der Waals surface area (Å²) >= 11 is 0. The summed E-state index contributed by atoms with van der Waals surface area (Å²) < 4.78 is 4.95. The maximum Gasteiger partial charge on any atom is 0.328 e. The lowest BCUT2D eigenvalue weighted by Crippen LogP contribution is -3.16. The number of carbonyl (C=O) groups is 2. The molecule has 0 spiro atoms. The molecule has 0 bridgehead atoms. The zero-order chi connectivity index (χ0) is 21.6. The molecule has 1 fully saturated rings. The molecule has 3 aromatic rings. The summed E-state index contributed by atoms with van der Waals surface area (Å²) in [6.45, 7) is 3.93. The van der Waals surface area contributed by atoms with Crippen LogP contribution in [0.3, 0.4) is 0 Å². The van der Waals surface area contributed by atoms with Crippen LogP contribution in [0.25, 0.3) is 10.9 Å². The molecule has 0 unspecified atom stereocenters. The van der Waals surface area contributed by atoms with Gasteiger partial charge < -0.3 is 24.8 Å². The van der Waals surface area contributed by atoms with Crippen LogP contribution in [0, 0.1) is 0 Å². The number of nitrogens with one attached hydrogen (secondary N) is 3. The van der Waals surface area contributed by atoms with Gasteiger partial charge in [-0.05, 0) is 23.8 Å². The Hall–Kier alpha value is -3.32. The van der Waals surface area contributed by atoms with Crippen molar-refractivity contribution in [2.45, 2.75) is 12.5 Å². The number of piperazine rings is 1. The number of anilines is 1. The molecule has 3 N–H and O–H groups in total. The van der Waals surface area contributed by atoms with Crippen LogP contribution in [0.5, 0.6) is 0 Å². The van der Waals surface area contributed by atoms with Crippen molar-refractivity contribution in [3.05, 3.63) is 66.4 Å². The number of methoxy groups -OCH3 is 1. The Morgan fingerprint density at radius 1 is 1.10 bits per heavy atom. The number of aromatic nitrogens is 1. The molecule has 2 aromatic carbocycles. The molecule has 1 aliphatic heterocycles. The van der Waals surface area contributed by atoms with Crippen molar-refractivity contribution in [1.29, 1.82) is 0 Å². The van der Waals surface area contributed by atoms with Crippen molar-refractivity contribution in [2.24, 2.45) is 0 Å². The molecule has 162 valence electrons. The summed E-state index contributed by atoms with van der Waals surface area (Å²) in [4.78, 5) is 31.8. The summed E-state index contributed by atoms with van der Waals surface area (Å²) in [5.41, 5.74) is 3.21. The molecule has 4 rings (SSSR count). The minimum Gasteiger partial charge on any atom is -0.467 e. The monoisotopic (exact) mass is 421 g/mol. The molecular weight excluding hydrogens is 392 g/mol. The van der Waals surface area contributed by atoms with Gasteiger partial charge in [-0.3, -0.25) is 4.79 Å². The second-order valence-electron chi connectivity index (χ2n) is 7.96. The number of para-hydroxylation sites is 2. The SMILES string of the molecule is COC(=O)[C@H](Cc1c[nH]c2ccccc12)NC(=O)C[NH+]1CCN(c2ccccc2)CC1. The van der Waals surface area contributed by atoms with Crippen molar-refractivity contribution in [3.8, 4) is 0 Å². The Morgan fingerprint density at radius 2 is 1.81 bits per heavy atom. The highest BCUT2D eigenvalue weighted by Crippen LogP contribution is 2.19. The number of amides is 1. The maximum atomic E-state index is 12.7. The number of aromatic amines is 1. The standard InChI is InChI=1S/C24H28N4O3/c1-31-24(30)22(15-18-16-25-21-10-6-5-9-20(18)21)26-23(29)17-27-11-13-28(14-12-27)19-7-3-2-4-8-19/h2-10,16,22,25H,11-15,17H2,1H3,(H,26,29)/p+1/t22-/m0/s1. The van der Waals surface area contributed by atoms with Gasteiger partial charge in [-0.25, -0.2) is 4.79 Å². The molecule has 2 heterocycles. The van der Waals surface area contributed by atoms with Gasteiger partial charge in [0, 0.05) is 29.2 Å². The van der Waals surface area contributed by atoms with Crippen molar-refractivity contribution < 1.29 is 19.2 Å². The van der Waals surface area contributed by atoms with Gasteiger partial charge in [-0.1, -0.05) is 36.4 Å². The fourth-order valence-corrected chi connectivity index (χ4v) is 4.23. The number of H-pyrrole nitrogens is 1. The van der Waals surface area contributed by atoms with Crippen LogP contribution < -0.4 is 15.1 Å². The van der Waals surface area contributed by atoms with Gasteiger partial charge in [0.1, 0.15) is 6.04 Å². The first-order valence-corrected chi connectivity index (χ1v) is 10.7. The van der Waals surface area contributed by atoms with Crippen LogP contribution in [0.2, 0.25) is 0 Å². The quantitative estimate of drug-likeness (QED) is 0.493. The first-order chi connectivity index (χ1) is 15.1. The van der Waals surface area contributed by atoms with Crippen LogP contribution in [0.15, 0.2) is 60.8 Å². The third-order valence-electron chi connectivity index (χ3n) is 5.92. The maximum absolute atomic E-state index is 12.7. The fraction of sp³-hybridized carbons (Fsp3) is 0.333. The van der Waals surface area contributed by atoms with Gasteiger partial charge in [0.25, 0.3) is 5.91 Å². The van der Waals surface area contributed by atoms with E-state index in [-0.39, 0.29) is 5.91 Å². The molecule has 0 saturated carbocycles. The van der Waals surface area contributed by atoms with Crippen LogP contribution >= 0.6 is 0 Å². The van der Waals surface area contributed by atoms with Crippen molar-refractivity contribution in [1.82, 2.24) is 10.3 Å². The van der Waals surface area contributed by atoms with E-state index >= 15 is 0 Å². The number of nitrogens with zero attached hydrogens (tertiary/aromatic N) is 1. The molecule has 1 aromatic heterocycles. The van der Waals surface area contributed by atoms with E-state index in [1.54, 1.807) is 0 Å². The van der Waals surface area contributed by atoms with E-state index in [1.807, 2.05) is 48.7 Å². The lowest BCUT2D eigenvalue weighted by atomic mass is 10.0. The Bertz CT molecular complexity index is 1030. The molecular formula is C24H29N4O3+. The van der Waals surface area contributed by atoms with Gasteiger partial charge in [-0.2, -0.15) is 0 Å². The van der Waals surface area contributed by atoms with Crippen LogP contribution in [0.4, 0.5) is 5.69 Å². The minimum atomic E-state index is -0.707. The predicted molar refractivity (Wildman–Crippen MR) is 120 cm³/mol. The Labute approximate surface area is 182 Å². The number of carbonyl (C=O) groups excluding carboxylic acids is 2. The fourth-order valence-electron chi connectivity index (χ4n) is 4.23. The number of benzene rings is 2. The van der Waals surface area contributed by atoms with Gasteiger partial charge in [0.05, 0.1) is 33.3 Å². The zero-order valence-electron chi connectivity index (χ0n) is 17.8. The van der Waals surface area contributed by atoms with Gasteiger partial charge in [-0.15, -0.1) is 0 Å². The van der Waals surface area contributed by atoms with Crippen molar-refractivity contribution in [2.75, 3.05) is 44.7 Å². The number of hydrogen-bond donors (Lipinski definition) is 3. The highest BCUT2D eigenvalue weighted by molar-refractivity contribution is 5.87. The van der Waals surface area contributed by atoms with Gasteiger partial charge in [0.15, 0.2) is 6.54 Å². The average molecular weight is 422 g/mol. The van der Waals surface area contributed by atoms with Crippen molar-refractivity contribution in [3.63, 3.8) is 0 Å². The molecule has 0 radical (unpaired) electrons. The smallest absolute Gasteiger partial charge is 0.328 e. The molecule has 0 aliphatic carbocycles. The summed E-state index contributed by atoms with van der Waals surface area (Å²) in [5.74, 6) is -0.555. The third-order valence-corrected chi connectivity index (χ3v) is 5.92. The number of quaternary nitrogens is 1. The van der Waals surface area contributed by atoms with E-state index in [1.165, 1.54) is 17.7 Å². The largest absolute Gasteiger partial charge is 0.467 e. The summed E-state index contributed by atoms with van der Waals surface area (Å²) in [7, 11) is 1.35. The molecule has 7 nitrogen and oxygen atoms in total. The molecule has 31 heavy (non-hydrogen) atoms. The molecule has 1 aliphatic rings. The van der Waals surface area contributed by atoms with Gasteiger partial charge >= 0.3 is 5.97 Å². The molecule has 7 heteroatoms. The predicted octanol–water partition coefficient (Wildman–Crippen LogP) is 0.773. The minimum absolute atomic E-state index is 0.126. The first kappa shape index (κ1) is 20.9. The normalized spacial score (nSPS) is 15.6. The molecule has 1 amide bonds. The van der Waals surface area contributed by atoms with Gasteiger partial charge in [0.2, 0.25) is 0 Å². The number of fused-ring (bicyclic) bond motifs is 1. The second-order valence-corrected chi connectivity index (χ2v) is 7.96. The number of rotatable bonds is 7. The lowest BCUT2D eigenvalue weighted by Gasteiger charge is -2.33. The molecule has 1 atom stereocenters. The van der Waals surface area contributed by atoms with Crippen molar-refractivity contribution >= 4 is 28.5 Å². The van der Waals surface area contributed by atoms with E-state index in [9.17, 15) is 9.59 Å². The number of hydrogen-bond acceptors (Lipinski definition) is 4. The molecule has 1 saturated heterocycles. The number of ether oxygens (including phenoxy) is 1. The lowest BCUT2D eigenvalue weighted by molar-refractivity contribution is -0.892. The Kier molecular flexibility index (Phi) is 6.52. The third kappa shape index (κ3) is 5.06. The first-order valence-electron chi connectivity index (χ1n) is 10.7. The van der Waals surface area contributed by atoms with Crippen LogP contribution in [0.1, 0.15) is 5.56 Å². The van der Waals surface area contributed by atoms with E-state index in [4.69, 9.17) is 4.74 Å². The van der Waals surface area contributed by atoms with E-state index in [2.05, 4.69) is 27.3 Å². The summed E-state index contributed by atoms with van der Waals surface area (Å²) in [5, 5.41) is 3.95. The number of esters is 1.